The Labute approximate surface area is 202 Å². The number of esters is 1. The lowest BCUT2D eigenvalue weighted by Crippen LogP contribution is -2.48. The average Bonchev–Trinajstić information content (AvgIpc) is 3.14. The first-order valence-electron chi connectivity index (χ1n) is 10.9. The predicted octanol–water partition coefficient (Wildman–Crippen LogP) is 4.48. The second-order valence-corrected chi connectivity index (χ2v) is 10.2. The number of aryl methyl sites for hydroxylation is 1. The lowest BCUT2D eigenvalue weighted by molar-refractivity contribution is -0.117. The van der Waals surface area contributed by atoms with Crippen molar-refractivity contribution in [3.63, 3.8) is 0 Å². The minimum absolute atomic E-state index is 0.0945. The number of nitrogens with one attached hydrogen (secondary N) is 1. The second-order valence-electron chi connectivity index (χ2n) is 8.24. The molecule has 1 aromatic carbocycles. The van der Waals surface area contributed by atoms with E-state index in [4.69, 9.17) is 27.9 Å². The number of halogens is 2. The molecule has 0 spiro atoms. The standard InChI is InChI=1S/C23H27Cl2N3O3S/c1-31-23(30)21-17-4-2-3-5-19(17)32-22(21)26-20(29)14-28-10-8-27(9-11-28)13-15-6-7-16(24)12-18(15)25/h6-7,12H,2-5,8-11,13-14H2,1H3,(H,26,29). The third-order valence-corrected chi connectivity index (χ3v) is 7.85. The molecule has 1 aliphatic heterocycles. The number of carbonyl (C=O) groups is 2. The summed E-state index contributed by atoms with van der Waals surface area (Å²) in [6, 6.07) is 5.59. The number of thiophene rings is 1. The maximum atomic E-state index is 12.8. The van der Waals surface area contributed by atoms with Crippen molar-refractivity contribution in [2.75, 3.05) is 45.2 Å². The number of fused-ring (bicyclic) bond motifs is 1. The largest absolute Gasteiger partial charge is 0.465 e. The van der Waals surface area contributed by atoms with Crippen molar-refractivity contribution in [2.24, 2.45) is 0 Å². The van der Waals surface area contributed by atoms with E-state index in [-0.39, 0.29) is 11.9 Å². The number of methoxy groups -OCH3 is 1. The molecule has 0 unspecified atom stereocenters. The molecule has 1 N–H and O–H groups in total. The highest BCUT2D eigenvalue weighted by atomic mass is 35.5. The van der Waals surface area contributed by atoms with Crippen molar-refractivity contribution in [2.45, 2.75) is 32.2 Å². The molecular formula is C23H27Cl2N3O3S. The molecule has 1 fully saturated rings. The first kappa shape index (κ1) is 23.5. The third-order valence-electron chi connectivity index (χ3n) is 6.05. The molecule has 0 atom stereocenters. The highest BCUT2D eigenvalue weighted by Crippen LogP contribution is 2.38. The molecular weight excluding hydrogens is 469 g/mol. The fraction of sp³-hybridized carbons (Fsp3) is 0.478. The van der Waals surface area contributed by atoms with Gasteiger partial charge in [-0.05, 0) is 48.9 Å². The van der Waals surface area contributed by atoms with Gasteiger partial charge in [-0.15, -0.1) is 11.3 Å². The van der Waals surface area contributed by atoms with E-state index in [1.807, 2.05) is 12.1 Å². The Balaban J connectivity index is 1.32. The normalized spacial score (nSPS) is 17.1. The van der Waals surface area contributed by atoms with E-state index in [1.165, 1.54) is 23.3 Å². The maximum absolute atomic E-state index is 12.8. The Kier molecular flexibility index (Phi) is 7.74. The summed E-state index contributed by atoms with van der Waals surface area (Å²) in [5.41, 5.74) is 2.65. The van der Waals surface area contributed by atoms with Crippen LogP contribution in [0.4, 0.5) is 5.00 Å². The van der Waals surface area contributed by atoms with Crippen LogP contribution in [-0.4, -0.2) is 61.5 Å². The van der Waals surface area contributed by atoms with Crippen LogP contribution in [-0.2, 0) is 28.9 Å². The van der Waals surface area contributed by atoms with Gasteiger partial charge in [0.25, 0.3) is 0 Å². The number of hydrogen-bond donors (Lipinski definition) is 1. The zero-order valence-corrected chi connectivity index (χ0v) is 20.4. The van der Waals surface area contributed by atoms with Gasteiger partial charge in [0, 0.05) is 47.6 Å². The average molecular weight is 496 g/mol. The highest BCUT2D eigenvalue weighted by molar-refractivity contribution is 7.17. The zero-order chi connectivity index (χ0) is 22.7. The molecule has 0 bridgehead atoms. The van der Waals surface area contributed by atoms with Crippen LogP contribution in [0.3, 0.4) is 0 Å². The van der Waals surface area contributed by atoms with Gasteiger partial charge in [-0.3, -0.25) is 14.6 Å². The summed E-state index contributed by atoms with van der Waals surface area (Å²) in [4.78, 5) is 30.8. The van der Waals surface area contributed by atoms with Gasteiger partial charge in [-0.1, -0.05) is 29.3 Å². The number of piperazine rings is 1. The van der Waals surface area contributed by atoms with Crippen molar-refractivity contribution < 1.29 is 14.3 Å². The fourth-order valence-corrected chi connectivity index (χ4v) is 6.10. The summed E-state index contributed by atoms with van der Waals surface area (Å²) in [5.74, 6) is -0.461. The molecule has 1 aromatic heterocycles. The van der Waals surface area contributed by atoms with Crippen molar-refractivity contribution >= 4 is 51.4 Å². The first-order chi connectivity index (χ1) is 15.4. The Morgan fingerprint density at radius 2 is 1.81 bits per heavy atom. The molecule has 2 aliphatic rings. The first-order valence-corrected chi connectivity index (χ1v) is 12.4. The number of rotatable bonds is 6. The van der Waals surface area contributed by atoms with Crippen molar-refractivity contribution in [3.8, 4) is 0 Å². The number of carbonyl (C=O) groups excluding carboxylic acids is 2. The van der Waals surface area contributed by atoms with Crippen LogP contribution in [0.5, 0.6) is 0 Å². The van der Waals surface area contributed by atoms with Crippen molar-refractivity contribution in [3.05, 3.63) is 49.8 Å². The Bertz CT molecular complexity index is 1000. The van der Waals surface area contributed by atoms with Crippen LogP contribution in [0.1, 0.15) is 39.2 Å². The van der Waals surface area contributed by atoms with Crippen LogP contribution in [0, 0.1) is 0 Å². The molecule has 6 nitrogen and oxygen atoms in total. The Hall–Kier alpha value is -1.64. The monoisotopic (exact) mass is 495 g/mol. The summed E-state index contributed by atoms with van der Waals surface area (Å²) < 4.78 is 4.99. The molecule has 1 amide bonds. The minimum atomic E-state index is -0.367. The number of ether oxygens (including phenoxy) is 1. The van der Waals surface area contributed by atoms with E-state index in [0.29, 0.717) is 27.2 Å². The number of hydrogen-bond acceptors (Lipinski definition) is 6. The van der Waals surface area contributed by atoms with Crippen molar-refractivity contribution in [1.82, 2.24) is 9.80 Å². The summed E-state index contributed by atoms with van der Waals surface area (Å²) in [5, 5.41) is 4.93. The fourth-order valence-electron chi connectivity index (χ4n) is 4.34. The van der Waals surface area contributed by atoms with Gasteiger partial charge >= 0.3 is 5.97 Å². The molecule has 1 aliphatic carbocycles. The van der Waals surface area contributed by atoms with E-state index < -0.39 is 0 Å². The quantitative estimate of drug-likeness (QED) is 0.598. The summed E-state index contributed by atoms with van der Waals surface area (Å²) >= 11 is 13.8. The van der Waals surface area contributed by atoms with Crippen LogP contribution < -0.4 is 5.32 Å². The molecule has 0 saturated carbocycles. The van der Waals surface area contributed by atoms with Crippen LogP contribution in [0.2, 0.25) is 10.0 Å². The summed E-state index contributed by atoms with van der Waals surface area (Å²) in [7, 11) is 1.39. The highest BCUT2D eigenvalue weighted by Gasteiger charge is 2.27. The molecule has 0 radical (unpaired) electrons. The van der Waals surface area contributed by atoms with Gasteiger partial charge in [0.05, 0.1) is 19.2 Å². The second kappa shape index (κ2) is 10.5. The maximum Gasteiger partial charge on any atom is 0.341 e. The lowest BCUT2D eigenvalue weighted by atomic mass is 9.95. The van der Waals surface area contributed by atoms with Gasteiger partial charge in [-0.25, -0.2) is 4.79 Å². The van der Waals surface area contributed by atoms with Crippen LogP contribution in [0.15, 0.2) is 18.2 Å². The minimum Gasteiger partial charge on any atom is -0.465 e. The van der Waals surface area contributed by atoms with E-state index >= 15 is 0 Å². The van der Waals surface area contributed by atoms with Gasteiger partial charge in [0.15, 0.2) is 0 Å². The molecule has 9 heteroatoms. The number of amides is 1. The molecule has 2 heterocycles. The van der Waals surface area contributed by atoms with Gasteiger partial charge < -0.3 is 10.1 Å². The molecule has 4 rings (SSSR count). The van der Waals surface area contributed by atoms with E-state index in [0.717, 1.165) is 69.5 Å². The van der Waals surface area contributed by atoms with E-state index in [1.54, 1.807) is 6.07 Å². The number of anilines is 1. The van der Waals surface area contributed by atoms with Gasteiger partial charge in [0.2, 0.25) is 5.91 Å². The number of nitrogens with zero attached hydrogens (tertiary/aromatic N) is 2. The molecule has 1 saturated heterocycles. The van der Waals surface area contributed by atoms with Crippen LogP contribution >= 0.6 is 34.5 Å². The molecule has 32 heavy (non-hydrogen) atoms. The summed E-state index contributed by atoms with van der Waals surface area (Å²) in [6.07, 6.45) is 4.00. The Morgan fingerprint density at radius 1 is 1.09 bits per heavy atom. The van der Waals surface area contributed by atoms with E-state index in [9.17, 15) is 9.59 Å². The lowest BCUT2D eigenvalue weighted by Gasteiger charge is -2.34. The van der Waals surface area contributed by atoms with Crippen molar-refractivity contribution in [1.29, 1.82) is 0 Å². The molecule has 2 aromatic rings. The van der Waals surface area contributed by atoms with Gasteiger partial charge in [-0.2, -0.15) is 0 Å². The van der Waals surface area contributed by atoms with Crippen LogP contribution in [0.25, 0.3) is 0 Å². The number of benzene rings is 1. The SMILES string of the molecule is COC(=O)c1c(NC(=O)CN2CCN(Cc3ccc(Cl)cc3Cl)CC2)sc2c1CCCC2. The van der Waals surface area contributed by atoms with Gasteiger partial charge in [0.1, 0.15) is 5.00 Å². The topological polar surface area (TPSA) is 61.9 Å². The summed E-state index contributed by atoms with van der Waals surface area (Å²) in [6.45, 7) is 4.37. The Morgan fingerprint density at radius 3 is 2.53 bits per heavy atom. The zero-order valence-electron chi connectivity index (χ0n) is 18.1. The third kappa shape index (κ3) is 5.46. The smallest absolute Gasteiger partial charge is 0.341 e. The molecule has 172 valence electrons. The van der Waals surface area contributed by atoms with E-state index in [2.05, 4.69) is 15.1 Å². The predicted molar refractivity (Wildman–Crippen MR) is 129 cm³/mol.